The molecule has 0 aromatic rings. The minimum absolute atomic E-state index is 0.349. The molecule has 5 heteroatoms. The molecule has 0 aromatic heterocycles. The average molecular weight is 187 g/mol. The molecule has 1 atom stereocenters. The van der Waals surface area contributed by atoms with E-state index in [1.54, 1.807) is 0 Å². The third kappa shape index (κ3) is 1.34. The minimum atomic E-state index is -1.20. The molecule has 1 aliphatic rings. The zero-order chi connectivity index (χ0) is 10.3. The summed E-state index contributed by atoms with van der Waals surface area (Å²) in [7, 11) is 1.25. The zero-order valence-corrected chi connectivity index (χ0v) is 7.88. The molecule has 0 aliphatic heterocycles. The van der Waals surface area contributed by atoms with Gasteiger partial charge in [0, 0.05) is 5.41 Å². The van der Waals surface area contributed by atoms with Crippen molar-refractivity contribution in [2.45, 2.75) is 25.8 Å². The lowest BCUT2D eigenvalue weighted by Gasteiger charge is -2.17. The van der Waals surface area contributed by atoms with Crippen LogP contribution in [0, 0.1) is 5.41 Å². The van der Waals surface area contributed by atoms with Crippen LogP contribution in [0.3, 0.4) is 0 Å². The molecule has 0 heterocycles. The first-order chi connectivity index (χ1) is 5.85. The SMILES string of the molecule is COC(=O)C1(NC(=O)O)CC1(C)C. The fraction of sp³-hybridized carbons (Fsp3) is 0.750. The Labute approximate surface area is 76.1 Å². The van der Waals surface area contributed by atoms with Gasteiger partial charge in [0.1, 0.15) is 5.54 Å². The molecule has 0 bridgehead atoms. The summed E-state index contributed by atoms with van der Waals surface area (Å²) in [6.45, 7) is 3.64. The molecule has 1 fully saturated rings. The second kappa shape index (κ2) is 2.61. The van der Waals surface area contributed by atoms with Crippen LogP contribution in [-0.4, -0.2) is 29.8 Å². The molecule has 13 heavy (non-hydrogen) atoms. The van der Waals surface area contributed by atoms with Gasteiger partial charge in [0.15, 0.2) is 0 Å². The highest BCUT2D eigenvalue weighted by Crippen LogP contribution is 2.56. The molecule has 0 saturated heterocycles. The molecule has 1 amide bonds. The number of amides is 1. The van der Waals surface area contributed by atoms with Gasteiger partial charge in [0.25, 0.3) is 0 Å². The number of esters is 1. The van der Waals surface area contributed by atoms with Crippen molar-refractivity contribution < 1.29 is 19.4 Å². The standard InChI is InChI=1S/C8H13NO4/c1-7(2)4-8(7,5(10)13-3)9-6(11)12/h9H,4H2,1-3H3,(H,11,12). The van der Waals surface area contributed by atoms with Crippen molar-refractivity contribution in [1.82, 2.24) is 5.32 Å². The summed E-state index contributed by atoms with van der Waals surface area (Å²) in [5.74, 6) is -0.514. The fourth-order valence-corrected chi connectivity index (χ4v) is 1.59. The van der Waals surface area contributed by atoms with E-state index in [2.05, 4.69) is 10.1 Å². The summed E-state index contributed by atoms with van der Waals surface area (Å²) < 4.78 is 4.55. The molecule has 74 valence electrons. The molecule has 1 saturated carbocycles. The van der Waals surface area contributed by atoms with Gasteiger partial charge in [0.05, 0.1) is 7.11 Å². The number of carboxylic acid groups (broad SMARTS) is 1. The van der Waals surface area contributed by atoms with Gasteiger partial charge < -0.3 is 15.2 Å². The first-order valence-electron chi connectivity index (χ1n) is 3.95. The van der Waals surface area contributed by atoms with Crippen molar-refractivity contribution in [2.75, 3.05) is 7.11 Å². The number of nitrogens with one attached hydrogen (secondary N) is 1. The fourth-order valence-electron chi connectivity index (χ4n) is 1.59. The number of hydrogen-bond acceptors (Lipinski definition) is 3. The maximum atomic E-state index is 11.3. The van der Waals surface area contributed by atoms with Gasteiger partial charge in [-0.3, -0.25) is 0 Å². The predicted octanol–water partition coefficient (Wildman–Crippen LogP) is 0.596. The van der Waals surface area contributed by atoms with Gasteiger partial charge in [-0.15, -0.1) is 0 Å². The summed E-state index contributed by atoms with van der Waals surface area (Å²) in [4.78, 5) is 21.7. The Kier molecular flexibility index (Phi) is 1.98. The Morgan fingerprint density at radius 2 is 1.92 bits per heavy atom. The lowest BCUT2D eigenvalue weighted by Crippen LogP contribution is -2.46. The highest BCUT2D eigenvalue weighted by Gasteiger charge is 2.68. The monoisotopic (exact) mass is 187 g/mol. The van der Waals surface area contributed by atoms with Gasteiger partial charge in [-0.25, -0.2) is 9.59 Å². The number of ether oxygens (including phenoxy) is 1. The lowest BCUT2D eigenvalue weighted by atomic mass is 10.1. The Balaban J connectivity index is 2.81. The first kappa shape index (κ1) is 9.83. The van der Waals surface area contributed by atoms with Crippen molar-refractivity contribution in [3.05, 3.63) is 0 Å². The number of methoxy groups -OCH3 is 1. The minimum Gasteiger partial charge on any atom is -0.467 e. The van der Waals surface area contributed by atoms with E-state index in [0.717, 1.165) is 0 Å². The van der Waals surface area contributed by atoms with Crippen molar-refractivity contribution in [3.63, 3.8) is 0 Å². The Morgan fingerprint density at radius 1 is 1.46 bits per heavy atom. The van der Waals surface area contributed by atoms with E-state index >= 15 is 0 Å². The second-order valence-corrected chi connectivity index (χ2v) is 3.89. The molecular weight excluding hydrogens is 174 g/mol. The average Bonchev–Trinajstić information content (AvgIpc) is 2.51. The number of hydrogen-bond donors (Lipinski definition) is 2. The zero-order valence-electron chi connectivity index (χ0n) is 7.88. The van der Waals surface area contributed by atoms with Crippen LogP contribution in [0.5, 0.6) is 0 Å². The van der Waals surface area contributed by atoms with Gasteiger partial charge in [0.2, 0.25) is 0 Å². The molecular formula is C8H13NO4. The van der Waals surface area contributed by atoms with Crippen LogP contribution in [0.4, 0.5) is 4.79 Å². The van der Waals surface area contributed by atoms with E-state index in [1.807, 2.05) is 13.8 Å². The number of carbonyl (C=O) groups is 2. The summed E-state index contributed by atoms with van der Waals surface area (Å²) in [5.41, 5.74) is -1.38. The van der Waals surface area contributed by atoms with Crippen molar-refractivity contribution in [2.24, 2.45) is 5.41 Å². The van der Waals surface area contributed by atoms with Gasteiger partial charge in [-0.05, 0) is 6.42 Å². The van der Waals surface area contributed by atoms with Crippen molar-refractivity contribution in [1.29, 1.82) is 0 Å². The molecule has 0 aromatic carbocycles. The van der Waals surface area contributed by atoms with E-state index in [-0.39, 0.29) is 5.41 Å². The van der Waals surface area contributed by atoms with Crippen LogP contribution in [0.2, 0.25) is 0 Å². The molecule has 1 unspecified atom stereocenters. The van der Waals surface area contributed by atoms with Crippen LogP contribution in [-0.2, 0) is 9.53 Å². The van der Waals surface area contributed by atoms with Gasteiger partial charge in [-0.1, -0.05) is 13.8 Å². The summed E-state index contributed by atoms with van der Waals surface area (Å²) in [6.07, 6.45) is -0.713. The lowest BCUT2D eigenvalue weighted by molar-refractivity contribution is -0.145. The maximum Gasteiger partial charge on any atom is 0.405 e. The van der Waals surface area contributed by atoms with E-state index < -0.39 is 17.6 Å². The molecule has 5 nitrogen and oxygen atoms in total. The number of carbonyl (C=O) groups excluding carboxylic acids is 1. The topological polar surface area (TPSA) is 75.6 Å². The Bertz CT molecular complexity index is 261. The molecule has 2 N–H and O–H groups in total. The summed E-state index contributed by atoms with van der Waals surface area (Å²) in [6, 6.07) is 0. The quantitative estimate of drug-likeness (QED) is 0.620. The van der Waals surface area contributed by atoms with E-state index in [0.29, 0.717) is 6.42 Å². The Morgan fingerprint density at radius 3 is 2.15 bits per heavy atom. The van der Waals surface area contributed by atoms with E-state index in [9.17, 15) is 9.59 Å². The maximum absolute atomic E-state index is 11.3. The molecule has 1 aliphatic carbocycles. The number of rotatable bonds is 2. The normalized spacial score (nSPS) is 29.2. The molecule has 1 rings (SSSR count). The van der Waals surface area contributed by atoms with Crippen molar-refractivity contribution in [3.8, 4) is 0 Å². The molecule has 0 spiro atoms. The third-order valence-corrected chi connectivity index (χ3v) is 2.59. The van der Waals surface area contributed by atoms with E-state index in [1.165, 1.54) is 7.11 Å². The molecule has 0 radical (unpaired) electrons. The van der Waals surface area contributed by atoms with Crippen LogP contribution < -0.4 is 5.32 Å². The third-order valence-electron chi connectivity index (χ3n) is 2.59. The van der Waals surface area contributed by atoms with E-state index in [4.69, 9.17) is 5.11 Å². The smallest absolute Gasteiger partial charge is 0.405 e. The van der Waals surface area contributed by atoms with Gasteiger partial charge >= 0.3 is 12.1 Å². The Hall–Kier alpha value is -1.26. The highest BCUT2D eigenvalue weighted by atomic mass is 16.5. The summed E-state index contributed by atoms with van der Waals surface area (Å²) >= 11 is 0. The summed E-state index contributed by atoms with van der Waals surface area (Å²) in [5, 5.41) is 10.8. The highest BCUT2D eigenvalue weighted by molar-refractivity contribution is 5.90. The second-order valence-electron chi connectivity index (χ2n) is 3.89. The van der Waals surface area contributed by atoms with Crippen LogP contribution in [0.1, 0.15) is 20.3 Å². The van der Waals surface area contributed by atoms with Crippen molar-refractivity contribution >= 4 is 12.1 Å². The van der Waals surface area contributed by atoms with Crippen LogP contribution in [0.15, 0.2) is 0 Å². The van der Waals surface area contributed by atoms with Crippen LogP contribution in [0.25, 0.3) is 0 Å². The first-order valence-corrected chi connectivity index (χ1v) is 3.95. The van der Waals surface area contributed by atoms with Gasteiger partial charge in [-0.2, -0.15) is 0 Å². The largest absolute Gasteiger partial charge is 0.467 e. The van der Waals surface area contributed by atoms with Crippen LogP contribution >= 0.6 is 0 Å². The predicted molar refractivity (Wildman–Crippen MR) is 44.3 cm³/mol.